The zero-order valence-electron chi connectivity index (χ0n) is 20.2. The number of hydrogen-bond acceptors (Lipinski definition) is 6. The van der Waals surface area contributed by atoms with E-state index in [1.165, 1.54) is 11.8 Å². The second-order valence-corrected chi connectivity index (χ2v) is 10.2. The summed E-state index contributed by atoms with van der Waals surface area (Å²) in [6.45, 7) is 4.83. The van der Waals surface area contributed by atoms with Gasteiger partial charge in [0.05, 0.1) is 29.3 Å². The van der Waals surface area contributed by atoms with Gasteiger partial charge in [0.25, 0.3) is 11.5 Å². The van der Waals surface area contributed by atoms with Crippen LogP contribution in [0.4, 0.5) is 0 Å². The van der Waals surface area contributed by atoms with Gasteiger partial charge in [-0.05, 0) is 51.0 Å². The maximum Gasteiger partial charge on any atom is 0.262 e. The van der Waals surface area contributed by atoms with E-state index in [9.17, 15) is 14.4 Å². The van der Waals surface area contributed by atoms with Crippen LogP contribution in [0.15, 0.2) is 58.6 Å². The predicted octanol–water partition coefficient (Wildman–Crippen LogP) is 4.17. The monoisotopic (exact) mass is 504 g/mol. The summed E-state index contributed by atoms with van der Waals surface area (Å²) in [6, 6.07) is 12.6. The number of aromatic amines is 1. The summed E-state index contributed by atoms with van der Waals surface area (Å²) in [5.74, 6) is -0.153. The first-order valence-electron chi connectivity index (χ1n) is 12.1. The third-order valence-corrected chi connectivity index (χ3v) is 7.21. The number of thioether (sulfide) groups is 1. The fourth-order valence-corrected chi connectivity index (χ4v) is 5.35. The lowest BCUT2D eigenvalue weighted by molar-refractivity contribution is 0.0936. The molecule has 1 aliphatic rings. The molecule has 1 amide bonds. The van der Waals surface area contributed by atoms with Crippen molar-refractivity contribution in [2.24, 2.45) is 0 Å². The van der Waals surface area contributed by atoms with Crippen molar-refractivity contribution in [3.63, 3.8) is 0 Å². The summed E-state index contributed by atoms with van der Waals surface area (Å²) in [5.41, 5.74) is 2.18. The lowest BCUT2D eigenvalue weighted by Gasteiger charge is -2.17. The molecule has 1 fully saturated rings. The van der Waals surface area contributed by atoms with Crippen molar-refractivity contribution in [3.05, 3.63) is 70.1 Å². The molecule has 1 saturated heterocycles. The molecule has 0 saturated carbocycles. The number of carbonyl (C=O) groups is 2. The molecule has 3 heterocycles. The molecule has 2 N–H and O–H groups in total. The van der Waals surface area contributed by atoms with Crippen LogP contribution < -0.4 is 10.9 Å². The molecule has 36 heavy (non-hydrogen) atoms. The molecule has 0 aliphatic carbocycles. The molecule has 4 aromatic rings. The minimum atomic E-state index is -0.221. The zero-order valence-corrected chi connectivity index (χ0v) is 21.1. The Balaban J connectivity index is 1.49. The van der Waals surface area contributed by atoms with Gasteiger partial charge in [0.1, 0.15) is 0 Å². The lowest BCUT2D eigenvalue weighted by atomic mass is 10.1. The second kappa shape index (κ2) is 10.3. The van der Waals surface area contributed by atoms with Crippen molar-refractivity contribution < 1.29 is 14.3 Å². The van der Waals surface area contributed by atoms with E-state index < -0.39 is 0 Å². The van der Waals surface area contributed by atoms with Crippen molar-refractivity contribution in [3.8, 4) is 0 Å². The zero-order chi connectivity index (χ0) is 25.2. The number of Topliss-reactive ketones (excluding diaryl/α,β-unsaturated/α-hetero) is 1. The molecule has 186 valence electrons. The highest BCUT2D eigenvalue weighted by molar-refractivity contribution is 7.99. The number of carbonyl (C=O) groups excluding carboxylic acids is 2. The summed E-state index contributed by atoms with van der Waals surface area (Å²) in [7, 11) is 0. The molecule has 0 bridgehead atoms. The van der Waals surface area contributed by atoms with Crippen molar-refractivity contribution in [1.82, 2.24) is 19.9 Å². The van der Waals surface area contributed by atoms with Crippen molar-refractivity contribution in [1.29, 1.82) is 0 Å². The summed E-state index contributed by atoms with van der Waals surface area (Å²) in [6.07, 6.45) is 3.48. The van der Waals surface area contributed by atoms with E-state index in [4.69, 9.17) is 9.72 Å². The van der Waals surface area contributed by atoms with E-state index in [-0.39, 0.29) is 35.1 Å². The lowest BCUT2D eigenvalue weighted by Crippen LogP contribution is -2.31. The van der Waals surface area contributed by atoms with Crippen LogP contribution >= 0.6 is 11.8 Å². The van der Waals surface area contributed by atoms with Gasteiger partial charge in [0.2, 0.25) is 0 Å². The van der Waals surface area contributed by atoms with Gasteiger partial charge < -0.3 is 15.0 Å². The molecule has 1 unspecified atom stereocenters. The Bertz CT molecular complexity index is 1500. The SMILES string of the molecule is CC(C)NC(=O)c1ccc2c(=O)n(CC3CCCO3)c(SCC(=O)c3c[nH]c4ccccc34)nc2c1. The number of hydrogen-bond donors (Lipinski definition) is 2. The molecule has 2 aromatic carbocycles. The van der Waals surface area contributed by atoms with Crippen molar-refractivity contribution in [2.45, 2.75) is 50.5 Å². The van der Waals surface area contributed by atoms with E-state index >= 15 is 0 Å². The Morgan fingerprint density at radius 1 is 1.22 bits per heavy atom. The van der Waals surface area contributed by atoms with E-state index in [0.717, 1.165) is 23.7 Å². The van der Waals surface area contributed by atoms with Crippen LogP contribution in [0.25, 0.3) is 21.8 Å². The smallest absolute Gasteiger partial charge is 0.262 e. The minimum absolute atomic E-state index is 0.0118. The van der Waals surface area contributed by atoms with Gasteiger partial charge >= 0.3 is 0 Å². The average molecular weight is 505 g/mol. The number of nitrogens with zero attached hydrogens (tertiary/aromatic N) is 2. The highest BCUT2D eigenvalue weighted by atomic mass is 32.2. The molecule has 5 rings (SSSR count). The molecular weight excluding hydrogens is 476 g/mol. The normalized spacial score (nSPS) is 15.7. The van der Waals surface area contributed by atoms with Gasteiger partial charge in [0, 0.05) is 40.9 Å². The first kappa shape index (κ1) is 24.3. The number of aromatic nitrogens is 3. The molecule has 2 aromatic heterocycles. The van der Waals surface area contributed by atoms with Gasteiger partial charge in [-0.3, -0.25) is 19.0 Å². The number of fused-ring (bicyclic) bond motifs is 2. The van der Waals surface area contributed by atoms with Crippen molar-refractivity contribution >= 4 is 45.3 Å². The van der Waals surface area contributed by atoms with E-state index in [0.29, 0.717) is 40.3 Å². The number of rotatable bonds is 8. The van der Waals surface area contributed by atoms with E-state index in [1.54, 1.807) is 29.0 Å². The number of H-pyrrole nitrogens is 1. The molecule has 1 aliphatic heterocycles. The number of nitrogens with one attached hydrogen (secondary N) is 2. The maximum absolute atomic E-state index is 13.5. The number of benzene rings is 2. The first-order valence-corrected chi connectivity index (χ1v) is 13.1. The standard InChI is InChI=1S/C27H28N4O4S/c1-16(2)29-25(33)17-9-10-20-23(12-17)30-27(31(26(20)34)14-18-6-5-11-35-18)36-15-24(32)21-13-28-22-8-4-3-7-19(21)22/h3-4,7-10,12-13,16,18,28H,5-6,11,14-15H2,1-2H3,(H,29,33). The van der Waals surface area contributed by atoms with Crippen LogP contribution in [0.2, 0.25) is 0 Å². The Kier molecular flexibility index (Phi) is 6.93. The van der Waals surface area contributed by atoms with Gasteiger partial charge in [-0.25, -0.2) is 4.98 Å². The Morgan fingerprint density at radius 3 is 2.83 bits per heavy atom. The van der Waals surface area contributed by atoms with Crippen LogP contribution in [0.1, 0.15) is 47.4 Å². The van der Waals surface area contributed by atoms with Crippen molar-refractivity contribution in [2.75, 3.05) is 12.4 Å². The summed E-state index contributed by atoms with van der Waals surface area (Å²) >= 11 is 1.23. The summed E-state index contributed by atoms with van der Waals surface area (Å²) < 4.78 is 7.39. The number of amides is 1. The molecular formula is C27H28N4O4S. The molecule has 0 spiro atoms. The highest BCUT2D eigenvalue weighted by Gasteiger charge is 2.22. The topological polar surface area (TPSA) is 106 Å². The van der Waals surface area contributed by atoms with Crippen LogP contribution in [0, 0.1) is 0 Å². The van der Waals surface area contributed by atoms with E-state index in [2.05, 4.69) is 10.3 Å². The second-order valence-electron chi connectivity index (χ2n) is 9.27. The van der Waals surface area contributed by atoms with Gasteiger partial charge in [-0.1, -0.05) is 30.0 Å². The molecule has 9 heteroatoms. The third-order valence-electron chi connectivity index (χ3n) is 6.23. The Labute approximate surface area is 212 Å². The first-order chi connectivity index (χ1) is 17.4. The third kappa shape index (κ3) is 4.94. The van der Waals surface area contributed by atoms with Gasteiger partial charge in [0.15, 0.2) is 10.9 Å². The summed E-state index contributed by atoms with van der Waals surface area (Å²) in [4.78, 5) is 47.0. The number of ketones is 1. The number of ether oxygens (including phenoxy) is 1. The Hall–Kier alpha value is -3.43. The molecule has 1 atom stereocenters. The Morgan fingerprint density at radius 2 is 2.06 bits per heavy atom. The van der Waals surface area contributed by atoms with Gasteiger partial charge in [-0.2, -0.15) is 0 Å². The molecule has 8 nitrogen and oxygen atoms in total. The fourth-order valence-electron chi connectivity index (χ4n) is 4.46. The largest absolute Gasteiger partial charge is 0.376 e. The van der Waals surface area contributed by atoms with Gasteiger partial charge in [-0.15, -0.1) is 0 Å². The predicted molar refractivity (Wildman–Crippen MR) is 141 cm³/mol. The van der Waals surface area contributed by atoms with Crippen LogP contribution in [0.5, 0.6) is 0 Å². The number of para-hydroxylation sites is 1. The van der Waals surface area contributed by atoms with Crippen LogP contribution in [-0.2, 0) is 11.3 Å². The minimum Gasteiger partial charge on any atom is -0.376 e. The molecule has 0 radical (unpaired) electrons. The fraction of sp³-hybridized carbons (Fsp3) is 0.333. The van der Waals surface area contributed by atoms with Crippen LogP contribution in [0.3, 0.4) is 0 Å². The summed E-state index contributed by atoms with van der Waals surface area (Å²) in [5, 5.41) is 4.61. The van der Waals surface area contributed by atoms with Crippen LogP contribution in [-0.4, -0.2) is 50.7 Å². The quantitative estimate of drug-likeness (QED) is 0.212. The maximum atomic E-state index is 13.5. The van der Waals surface area contributed by atoms with E-state index in [1.807, 2.05) is 38.1 Å². The highest BCUT2D eigenvalue weighted by Crippen LogP contribution is 2.25. The average Bonchev–Trinajstić information content (AvgIpc) is 3.54.